The van der Waals surface area contributed by atoms with Crippen LogP contribution in [0, 0.1) is 0 Å². The third kappa shape index (κ3) is 4.27. The summed E-state index contributed by atoms with van der Waals surface area (Å²) in [6.07, 6.45) is 2.30. The predicted octanol–water partition coefficient (Wildman–Crippen LogP) is 2.98. The first-order valence-electron chi connectivity index (χ1n) is 6.18. The van der Waals surface area contributed by atoms with Gasteiger partial charge < -0.3 is 14.8 Å². The van der Waals surface area contributed by atoms with Gasteiger partial charge in [0.2, 0.25) is 0 Å². The van der Waals surface area contributed by atoms with Crippen molar-refractivity contribution in [3.05, 3.63) is 23.8 Å². The molecule has 1 rings (SSSR count). The first kappa shape index (κ1) is 13.8. The number of hydrogen-bond acceptors (Lipinski definition) is 3. The van der Waals surface area contributed by atoms with Gasteiger partial charge in [-0.3, -0.25) is 0 Å². The summed E-state index contributed by atoms with van der Waals surface area (Å²) in [6.45, 7) is 5.25. The fourth-order valence-corrected chi connectivity index (χ4v) is 1.81. The van der Waals surface area contributed by atoms with Gasteiger partial charge in [-0.2, -0.15) is 0 Å². The summed E-state index contributed by atoms with van der Waals surface area (Å²) in [4.78, 5) is 0. The van der Waals surface area contributed by atoms with Crippen LogP contribution in [0.25, 0.3) is 0 Å². The van der Waals surface area contributed by atoms with Crippen LogP contribution in [0.5, 0.6) is 11.5 Å². The van der Waals surface area contributed by atoms with Gasteiger partial charge in [0.15, 0.2) is 0 Å². The Hall–Kier alpha value is -1.22. The van der Waals surface area contributed by atoms with E-state index in [0.717, 1.165) is 30.9 Å². The van der Waals surface area contributed by atoms with Gasteiger partial charge in [-0.15, -0.1) is 0 Å². The van der Waals surface area contributed by atoms with Crippen molar-refractivity contribution >= 4 is 0 Å². The summed E-state index contributed by atoms with van der Waals surface area (Å²) in [7, 11) is 3.35. The van der Waals surface area contributed by atoms with Gasteiger partial charge in [0.1, 0.15) is 11.5 Å². The number of hydrogen-bond donors (Lipinski definition) is 1. The average molecular weight is 237 g/mol. The van der Waals surface area contributed by atoms with Crippen molar-refractivity contribution in [3.8, 4) is 11.5 Å². The molecule has 0 aromatic heterocycles. The Kier molecular flexibility index (Phi) is 5.84. The maximum atomic E-state index is 5.25. The third-order valence-electron chi connectivity index (χ3n) is 2.99. The minimum Gasteiger partial charge on any atom is -0.497 e. The lowest BCUT2D eigenvalue weighted by atomic mass is 10.1. The molecule has 0 saturated carbocycles. The second kappa shape index (κ2) is 7.17. The molecule has 0 aliphatic rings. The fourth-order valence-electron chi connectivity index (χ4n) is 1.81. The Balaban J connectivity index is 2.69. The summed E-state index contributed by atoms with van der Waals surface area (Å²) in [5.41, 5.74) is 1.19. The molecule has 96 valence electrons. The zero-order chi connectivity index (χ0) is 12.7. The summed E-state index contributed by atoms with van der Waals surface area (Å²) in [6, 6.07) is 6.54. The molecule has 0 aliphatic carbocycles. The molecule has 1 aromatic carbocycles. The summed E-state index contributed by atoms with van der Waals surface area (Å²) < 4.78 is 10.5. The van der Waals surface area contributed by atoms with Crippen LogP contribution in [0.1, 0.15) is 32.3 Å². The van der Waals surface area contributed by atoms with Crippen molar-refractivity contribution in [2.45, 2.75) is 39.3 Å². The largest absolute Gasteiger partial charge is 0.497 e. The molecule has 0 heterocycles. The number of rotatable bonds is 7. The maximum absolute atomic E-state index is 5.25. The van der Waals surface area contributed by atoms with Crippen LogP contribution < -0.4 is 14.8 Å². The Bertz CT molecular complexity index is 313. The minimum atomic E-state index is 0.576. The Labute approximate surface area is 104 Å². The molecule has 3 nitrogen and oxygen atoms in total. The molecule has 1 N–H and O–H groups in total. The van der Waals surface area contributed by atoms with E-state index in [-0.39, 0.29) is 0 Å². The van der Waals surface area contributed by atoms with E-state index in [2.05, 4.69) is 19.2 Å². The lowest BCUT2D eigenvalue weighted by molar-refractivity contribution is 0.392. The summed E-state index contributed by atoms with van der Waals surface area (Å²) in [5.74, 6) is 1.68. The van der Waals surface area contributed by atoms with E-state index in [4.69, 9.17) is 9.47 Å². The highest BCUT2D eigenvalue weighted by Gasteiger charge is 2.05. The van der Waals surface area contributed by atoms with Gasteiger partial charge >= 0.3 is 0 Å². The molecule has 0 fully saturated rings. The van der Waals surface area contributed by atoms with E-state index < -0.39 is 0 Å². The van der Waals surface area contributed by atoms with Gasteiger partial charge in [-0.05, 0) is 30.5 Å². The van der Waals surface area contributed by atoms with Crippen LogP contribution in [-0.2, 0) is 6.54 Å². The summed E-state index contributed by atoms with van der Waals surface area (Å²) >= 11 is 0. The first-order chi connectivity index (χ1) is 8.23. The van der Waals surface area contributed by atoms with Crippen LogP contribution in [0.3, 0.4) is 0 Å². The number of ether oxygens (including phenoxy) is 2. The van der Waals surface area contributed by atoms with Crippen molar-refractivity contribution in [1.29, 1.82) is 0 Å². The average Bonchev–Trinajstić information content (AvgIpc) is 2.39. The smallest absolute Gasteiger partial charge is 0.122 e. The molecule has 0 aliphatic heterocycles. The molecule has 0 bridgehead atoms. The third-order valence-corrected chi connectivity index (χ3v) is 2.99. The summed E-state index contributed by atoms with van der Waals surface area (Å²) in [5, 5.41) is 3.53. The van der Waals surface area contributed by atoms with E-state index in [9.17, 15) is 0 Å². The van der Waals surface area contributed by atoms with Gasteiger partial charge in [0, 0.05) is 18.7 Å². The lowest BCUT2D eigenvalue weighted by Gasteiger charge is -2.15. The Morgan fingerprint density at radius 3 is 1.94 bits per heavy atom. The van der Waals surface area contributed by atoms with Gasteiger partial charge in [-0.1, -0.05) is 13.8 Å². The monoisotopic (exact) mass is 237 g/mol. The predicted molar refractivity (Wildman–Crippen MR) is 70.8 cm³/mol. The molecule has 1 aromatic rings. The van der Waals surface area contributed by atoms with E-state index in [1.807, 2.05) is 18.2 Å². The second-order valence-corrected chi connectivity index (χ2v) is 4.12. The topological polar surface area (TPSA) is 30.5 Å². The lowest BCUT2D eigenvalue weighted by Crippen LogP contribution is -2.26. The molecule has 0 amide bonds. The molecule has 0 spiro atoms. The van der Waals surface area contributed by atoms with Gasteiger partial charge in [0.25, 0.3) is 0 Å². The van der Waals surface area contributed by atoms with Crippen LogP contribution >= 0.6 is 0 Å². The molecular weight excluding hydrogens is 214 g/mol. The molecule has 0 radical (unpaired) electrons. The maximum Gasteiger partial charge on any atom is 0.122 e. The Morgan fingerprint density at radius 1 is 1.00 bits per heavy atom. The Morgan fingerprint density at radius 2 is 1.53 bits per heavy atom. The van der Waals surface area contributed by atoms with Crippen LogP contribution in [0.15, 0.2) is 18.2 Å². The first-order valence-corrected chi connectivity index (χ1v) is 6.18. The van der Waals surface area contributed by atoms with Gasteiger partial charge in [0.05, 0.1) is 14.2 Å². The standard InChI is InChI=1S/C14H23NO2/c1-5-12(6-2)15-10-11-7-13(16-3)9-14(8-11)17-4/h7-9,12,15H,5-6,10H2,1-4H3. The SMILES string of the molecule is CCC(CC)NCc1cc(OC)cc(OC)c1. The normalized spacial score (nSPS) is 10.6. The highest BCUT2D eigenvalue weighted by atomic mass is 16.5. The quantitative estimate of drug-likeness (QED) is 0.791. The zero-order valence-corrected chi connectivity index (χ0v) is 11.2. The molecule has 0 atom stereocenters. The van der Waals surface area contributed by atoms with E-state index in [1.54, 1.807) is 14.2 Å². The van der Waals surface area contributed by atoms with Crippen LogP contribution in [0.4, 0.5) is 0 Å². The van der Waals surface area contributed by atoms with Crippen LogP contribution in [0.2, 0.25) is 0 Å². The van der Waals surface area contributed by atoms with Crippen molar-refractivity contribution < 1.29 is 9.47 Å². The number of methoxy groups -OCH3 is 2. The second-order valence-electron chi connectivity index (χ2n) is 4.12. The number of benzene rings is 1. The molecule has 0 saturated heterocycles. The van der Waals surface area contributed by atoms with E-state index in [0.29, 0.717) is 6.04 Å². The van der Waals surface area contributed by atoms with Gasteiger partial charge in [-0.25, -0.2) is 0 Å². The molecule has 17 heavy (non-hydrogen) atoms. The van der Waals surface area contributed by atoms with Crippen molar-refractivity contribution in [2.24, 2.45) is 0 Å². The fraction of sp³-hybridized carbons (Fsp3) is 0.571. The van der Waals surface area contributed by atoms with Crippen molar-refractivity contribution in [1.82, 2.24) is 5.32 Å². The molecule has 3 heteroatoms. The van der Waals surface area contributed by atoms with Crippen molar-refractivity contribution in [2.75, 3.05) is 14.2 Å². The number of nitrogens with one attached hydrogen (secondary N) is 1. The van der Waals surface area contributed by atoms with E-state index >= 15 is 0 Å². The van der Waals surface area contributed by atoms with Crippen molar-refractivity contribution in [3.63, 3.8) is 0 Å². The highest BCUT2D eigenvalue weighted by molar-refractivity contribution is 5.38. The molecular formula is C14H23NO2. The van der Waals surface area contributed by atoms with Crippen LogP contribution in [-0.4, -0.2) is 20.3 Å². The minimum absolute atomic E-state index is 0.576. The zero-order valence-electron chi connectivity index (χ0n) is 11.2. The van der Waals surface area contributed by atoms with E-state index in [1.165, 1.54) is 5.56 Å². The molecule has 0 unspecified atom stereocenters. The highest BCUT2D eigenvalue weighted by Crippen LogP contribution is 2.22.